The number of nitrogens with zero attached hydrogens (tertiary/aromatic N) is 1. The van der Waals surface area contributed by atoms with E-state index in [1.54, 1.807) is 0 Å². The Hall–Kier alpha value is -1.14. The maximum Gasteiger partial charge on any atom is 0.239 e. The van der Waals surface area contributed by atoms with Crippen molar-refractivity contribution in [2.24, 2.45) is 11.7 Å². The molecule has 4 N–H and O–H groups in total. The van der Waals surface area contributed by atoms with Crippen molar-refractivity contribution in [2.75, 3.05) is 26.7 Å². The zero-order chi connectivity index (χ0) is 16.5. The molecule has 1 rings (SSSR count). The van der Waals surface area contributed by atoms with Crippen LogP contribution in [0.25, 0.3) is 0 Å². The molecule has 0 aliphatic heterocycles. The van der Waals surface area contributed by atoms with Crippen LogP contribution in [-0.4, -0.2) is 55.5 Å². The smallest absolute Gasteiger partial charge is 0.239 e. The lowest BCUT2D eigenvalue weighted by molar-refractivity contribution is -0.127. The summed E-state index contributed by atoms with van der Waals surface area (Å²) in [5, 5.41) is 5.42. The minimum absolute atomic E-state index is 0.00754. The third-order valence-corrected chi connectivity index (χ3v) is 4.43. The van der Waals surface area contributed by atoms with Crippen LogP contribution in [0.3, 0.4) is 0 Å². The number of rotatable bonds is 8. The fraction of sp³-hybridized carbons (Fsp3) is 0.875. The van der Waals surface area contributed by atoms with E-state index in [0.717, 1.165) is 6.54 Å². The van der Waals surface area contributed by atoms with E-state index in [2.05, 4.69) is 22.6 Å². The van der Waals surface area contributed by atoms with Crippen LogP contribution in [0.1, 0.15) is 46.0 Å². The first-order valence-corrected chi connectivity index (χ1v) is 8.42. The zero-order valence-electron chi connectivity index (χ0n) is 14.2. The standard InChI is InChI=1S/C16H32N4O2/c1-12(2)15(17)16(22)19-11-14(21)18-9-10-20(3)13-7-5-4-6-8-13/h12-13,15H,4-11,17H2,1-3H3,(H,18,21)(H,19,22)/t15-/m0/s1. The van der Waals surface area contributed by atoms with Crippen molar-refractivity contribution in [3.05, 3.63) is 0 Å². The average Bonchev–Trinajstić information content (AvgIpc) is 2.52. The highest BCUT2D eigenvalue weighted by atomic mass is 16.2. The number of likely N-dealkylation sites (N-methyl/N-ethyl adjacent to an activating group) is 1. The molecule has 6 nitrogen and oxygen atoms in total. The molecule has 0 radical (unpaired) electrons. The highest BCUT2D eigenvalue weighted by Gasteiger charge is 2.19. The summed E-state index contributed by atoms with van der Waals surface area (Å²) in [6.07, 6.45) is 6.48. The van der Waals surface area contributed by atoms with Crippen LogP contribution in [0.4, 0.5) is 0 Å². The molecule has 1 saturated carbocycles. The van der Waals surface area contributed by atoms with Crippen LogP contribution in [0.2, 0.25) is 0 Å². The van der Waals surface area contributed by atoms with Crippen LogP contribution in [-0.2, 0) is 9.59 Å². The SMILES string of the molecule is CC(C)[C@H](N)C(=O)NCC(=O)NCCN(C)C1CCCCC1. The van der Waals surface area contributed by atoms with E-state index in [1.165, 1.54) is 32.1 Å². The lowest BCUT2D eigenvalue weighted by Gasteiger charge is -2.31. The third kappa shape index (κ3) is 6.75. The van der Waals surface area contributed by atoms with Crippen molar-refractivity contribution in [3.63, 3.8) is 0 Å². The van der Waals surface area contributed by atoms with Crippen molar-refractivity contribution in [3.8, 4) is 0 Å². The van der Waals surface area contributed by atoms with Crippen LogP contribution < -0.4 is 16.4 Å². The molecule has 0 spiro atoms. The van der Waals surface area contributed by atoms with Gasteiger partial charge in [0.2, 0.25) is 11.8 Å². The van der Waals surface area contributed by atoms with Gasteiger partial charge in [-0.15, -0.1) is 0 Å². The first-order chi connectivity index (χ1) is 10.4. The Morgan fingerprint density at radius 2 is 1.82 bits per heavy atom. The number of nitrogens with two attached hydrogens (primary N) is 1. The highest BCUT2D eigenvalue weighted by Crippen LogP contribution is 2.21. The van der Waals surface area contributed by atoms with Gasteiger partial charge in [-0.2, -0.15) is 0 Å². The summed E-state index contributed by atoms with van der Waals surface area (Å²) in [6.45, 7) is 5.21. The fourth-order valence-electron chi connectivity index (χ4n) is 2.73. The normalized spacial score (nSPS) is 17.5. The molecular weight excluding hydrogens is 280 g/mol. The number of carbonyl (C=O) groups excluding carboxylic acids is 2. The minimum Gasteiger partial charge on any atom is -0.353 e. The summed E-state index contributed by atoms with van der Waals surface area (Å²) in [7, 11) is 2.12. The molecule has 128 valence electrons. The van der Waals surface area contributed by atoms with Crippen LogP contribution in [0.5, 0.6) is 0 Å². The van der Waals surface area contributed by atoms with Gasteiger partial charge in [-0.05, 0) is 25.8 Å². The first kappa shape index (κ1) is 18.9. The Morgan fingerprint density at radius 3 is 2.41 bits per heavy atom. The van der Waals surface area contributed by atoms with Gasteiger partial charge in [-0.1, -0.05) is 33.1 Å². The Balaban J connectivity index is 2.13. The van der Waals surface area contributed by atoms with Gasteiger partial charge in [-0.3, -0.25) is 9.59 Å². The highest BCUT2D eigenvalue weighted by molar-refractivity contribution is 5.87. The van der Waals surface area contributed by atoms with Gasteiger partial charge in [0.25, 0.3) is 0 Å². The molecular formula is C16H32N4O2. The summed E-state index contributed by atoms with van der Waals surface area (Å²) >= 11 is 0. The van der Waals surface area contributed by atoms with Gasteiger partial charge in [0, 0.05) is 19.1 Å². The van der Waals surface area contributed by atoms with Crippen LogP contribution in [0.15, 0.2) is 0 Å². The second-order valence-corrected chi connectivity index (χ2v) is 6.61. The lowest BCUT2D eigenvalue weighted by Crippen LogP contribution is -2.48. The fourth-order valence-corrected chi connectivity index (χ4v) is 2.73. The second-order valence-electron chi connectivity index (χ2n) is 6.61. The molecule has 2 amide bonds. The van der Waals surface area contributed by atoms with Crippen LogP contribution in [0, 0.1) is 5.92 Å². The number of nitrogens with one attached hydrogen (secondary N) is 2. The summed E-state index contributed by atoms with van der Waals surface area (Å²) in [5.74, 6) is -0.377. The monoisotopic (exact) mass is 312 g/mol. The summed E-state index contributed by atoms with van der Waals surface area (Å²) in [5.41, 5.74) is 5.72. The van der Waals surface area contributed by atoms with Gasteiger partial charge in [0.15, 0.2) is 0 Å². The molecule has 1 aliphatic carbocycles. The molecule has 1 aliphatic rings. The van der Waals surface area contributed by atoms with E-state index >= 15 is 0 Å². The number of hydrogen-bond acceptors (Lipinski definition) is 4. The van der Waals surface area contributed by atoms with E-state index in [-0.39, 0.29) is 24.3 Å². The summed E-state index contributed by atoms with van der Waals surface area (Å²) in [6, 6.07) is 0.0830. The summed E-state index contributed by atoms with van der Waals surface area (Å²) in [4.78, 5) is 25.7. The number of amides is 2. The van der Waals surface area contributed by atoms with E-state index in [1.807, 2.05) is 13.8 Å². The second kappa shape index (κ2) is 9.79. The molecule has 0 aromatic rings. The van der Waals surface area contributed by atoms with Crippen molar-refractivity contribution in [1.82, 2.24) is 15.5 Å². The Labute approximate surface area is 134 Å². The molecule has 1 fully saturated rings. The van der Waals surface area contributed by atoms with E-state index in [0.29, 0.717) is 12.6 Å². The molecule has 0 heterocycles. The van der Waals surface area contributed by atoms with E-state index < -0.39 is 6.04 Å². The molecule has 0 aromatic carbocycles. The Kier molecular flexibility index (Phi) is 8.42. The van der Waals surface area contributed by atoms with Gasteiger partial charge in [-0.25, -0.2) is 0 Å². The molecule has 0 aromatic heterocycles. The average molecular weight is 312 g/mol. The lowest BCUT2D eigenvalue weighted by atomic mass is 9.94. The predicted molar refractivity (Wildman–Crippen MR) is 88.3 cm³/mol. The van der Waals surface area contributed by atoms with Crippen LogP contribution >= 0.6 is 0 Å². The van der Waals surface area contributed by atoms with E-state index in [4.69, 9.17) is 5.73 Å². The molecule has 1 atom stereocenters. The maximum atomic E-state index is 11.7. The molecule has 0 bridgehead atoms. The molecule has 22 heavy (non-hydrogen) atoms. The van der Waals surface area contributed by atoms with Gasteiger partial charge in [0.1, 0.15) is 0 Å². The number of carbonyl (C=O) groups is 2. The maximum absolute atomic E-state index is 11.7. The summed E-state index contributed by atoms with van der Waals surface area (Å²) < 4.78 is 0. The van der Waals surface area contributed by atoms with Crippen molar-refractivity contribution in [1.29, 1.82) is 0 Å². The molecule has 0 unspecified atom stereocenters. The molecule has 0 saturated heterocycles. The zero-order valence-corrected chi connectivity index (χ0v) is 14.2. The largest absolute Gasteiger partial charge is 0.353 e. The molecule has 6 heteroatoms. The Morgan fingerprint density at radius 1 is 1.18 bits per heavy atom. The first-order valence-electron chi connectivity index (χ1n) is 8.42. The minimum atomic E-state index is -0.565. The van der Waals surface area contributed by atoms with Gasteiger partial charge < -0.3 is 21.3 Å². The van der Waals surface area contributed by atoms with Crippen molar-refractivity contribution in [2.45, 2.75) is 58.0 Å². The van der Waals surface area contributed by atoms with E-state index in [9.17, 15) is 9.59 Å². The predicted octanol–water partition coefficient (Wildman–Crippen LogP) is 0.467. The Bertz CT molecular complexity index is 354. The van der Waals surface area contributed by atoms with Gasteiger partial charge >= 0.3 is 0 Å². The quantitative estimate of drug-likeness (QED) is 0.608. The number of hydrogen-bond donors (Lipinski definition) is 3. The third-order valence-electron chi connectivity index (χ3n) is 4.43. The van der Waals surface area contributed by atoms with Crippen molar-refractivity contribution >= 4 is 11.8 Å². The topological polar surface area (TPSA) is 87.5 Å². The van der Waals surface area contributed by atoms with Gasteiger partial charge in [0.05, 0.1) is 12.6 Å². The van der Waals surface area contributed by atoms with Crippen molar-refractivity contribution < 1.29 is 9.59 Å².